The average molecular weight is 236 g/mol. The molecule has 96 valence electrons. The number of carbonyl (C=O) groups is 1. The lowest BCUT2D eigenvalue weighted by Crippen LogP contribution is -2.42. The molecule has 3 heteroatoms. The van der Waals surface area contributed by atoms with E-state index in [0.29, 0.717) is 18.5 Å². The number of hydrogen-bond donors (Lipinski definition) is 1. The maximum Gasteiger partial charge on any atom is 0.236 e. The van der Waals surface area contributed by atoms with Gasteiger partial charge in [-0.2, -0.15) is 0 Å². The molecule has 0 radical (unpaired) electrons. The second-order valence-corrected chi connectivity index (χ2v) is 5.16. The summed E-state index contributed by atoms with van der Waals surface area (Å²) < 4.78 is 0. The van der Waals surface area contributed by atoms with Crippen LogP contribution in [-0.2, 0) is 4.79 Å². The first-order valence-corrected chi connectivity index (χ1v) is 7.02. The lowest BCUT2D eigenvalue weighted by atomic mass is 10.0. The molecule has 0 aromatic rings. The predicted molar refractivity (Wildman–Crippen MR) is 69.8 cm³/mol. The Labute approximate surface area is 104 Å². The summed E-state index contributed by atoms with van der Waals surface area (Å²) in [5, 5.41) is 3.40. The van der Waals surface area contributed by atoms with Crippen LogP contribution in [0.15, 0.2) is 12.2 Å². The molecule has 0 aromatic heterocycles. The molecule has 1 atom stereocenters. The molecule has 1 fully saturated rings. The van der Waals surface area contributed by atoms with E-state index in [0.717, 1.165) is 25.9 Å². The largest absolute Gasteiger partial charge is 0.342 e. The van der Waals surface area contributed by atoms with Crippen LogP contribution < -0.4 is 5.32 Å². The van der Waals surface area contributed by atoms with Crippen LogP contribution in [0.4, 0.5) is 0 Å². The van der Waals surface area contributed by atoms with Crippen molar-refractivity contribution in [2.45, 2.75) is 51.0 Å². The molecule has 0 saturated carbocycles. The van der Waals surface area contributed by atoms with E-state index in [-0.39, 0.29) is 0 Å². The zero-order valence-corrected chi connectivity index (χ0v) is 10.7. The van der Waals surface area contributed by atoms with Gasteiger partial charge in [-0.15, -0.1) is 0 Å². The van der Waals surface area contributed by atoms with Crippen molar-refractivity contribution in [1.82, 2.24) is 10.2 Å². The summed E-state index contributed by atoms with van der Waals surface area (Å²) in [6, 6.07) is 0.510. The molecule has 17 heavy (non-hydrogen) atoms. The molecule has 1 amide bonds. The van der Waals surface area contributed by atoms with Crippen LogP contribution in [0, 0.1) is 0 Å². The third-order valence-corrected chi connectivity index (χ3v) is 3.77. The lowest BCUT2D eigenvalue weighted by Gasteiger charge is -2.23. The Hall–Kier alpha value is -0.830. The predicted octanol–water partition coefficient (Wildman–Crippen LogP) is 2.09. The van der Waals surface area contributed by atoms with Crippen molar-refractivity contribution in [1.29, 1.82) is 0 Å². The van der Waals surface area contributed by atoms with E-state index in [2.05, 4.69) is 17.5 Å². The second-order valence-electron chi connectivity index (χ2n) is 5.16. The van der Waals surface area contributed by atoms with E-state index in [9.17, 15) is 4.79 Å². The lowest BCUT2D eigenvalue weighted by molar-refractivity contribution is -0.130. The van der Waals surface area contributed by atoms with Crippen molar-refractivity contribution in [3.63, 3.8) is 0 Å². The van der Waals surface area contributed by atoms with Gasteiger partial charge in [-0.1, -0.05) is 25.0 Å². The fourth-order valence-electron chi connectivity index (χ4n) is 2.64. The summed E-state index contributed by atoms with van der Waals surface area (Å²) >= 11 is 0. The Balaban J connectivity index is 1.70. The van der Waals surface area contributed by atoms with Gasteiger partial charge in [-0.05, 0) is 32.1 Å². The van der Waals surface area contributed by atoms with Gasteiger partial charge in [0.1, 0.15) is 0 Å². The number of nitrogens with zero attached hydrogens (tertiary/aromatic N) is 1. The van der Waals surface area contributed by atoms with E-state index in [1.165, 1.54) is 32.1 Å². The van der Waals surface area contributed by atoms with Crippen molar-refractivity contribution in [3.05, 3.63) is 12.2 Å². The van der Waals surface area contributed by atoms with Gasteiger partial charge in [0.2, 0.25) is 5.91 Å². The highest BCUT2D eigenvalue weighted by atomic mass is 16.2. The third-order valence-electron chi connectivity index (χ3n) is 3.77. The Kier molecular flexibility index (Phi) is 5.05. The van der Waals surface area contributed by atoms with E-state index < -0.39 is 0 Å². The quantitative estimate of drug-likeness (QED) is 0.761. The van der Waals surface area contributed by atoms with Gasteiger partial charge in [0.05, 0.1) is 6.54 Å². The van der Waals surface area contributed by atoms with Gasteiger partial charge in [0, 0.05) is 19.1 Å². The molecule has 1 saturated heterocycles. The van der Waals surface area contributed by atoms with Crippen LogP contribution in [-0.4, -0.2) is 36.5 Å². The molecule has 1 heterocycles. The van der Waals surface area contributed by atoms with Gasteiger partial charge < -0.3 is 10.2 Å². The first-order chi connectivity index (χ1) is 8.36. The smallest absolute Gasteiger partial charge is 0.236 e. The molecule has 2 aliphatic rings. The summed E-state index contributed by atoms with van der Waals surface area (Å²) in [5.41, 5.74) is 0. The Bertz CT molecular complexity index is 267. The van der Waals surface area contributed by atoms with Gasteiger partial charge in [-0.25, -0.2) is 0 Å². The topological polar surface area (TPSA) is 32.3 Å². The highest BCUT2D eigenvalue weighted by Gasteiger charge is 2.17. The van der Waals surface area contributed by atoms with Crippen molar-refractivity contribution < 1.29 is 4.79 Å². The summed E-state index contributed by atoms with van der Waals surface area (Å²) in [4.78, 5) is 14.1. The maximum absolute atomic E-state index is 12.0. The fraction of sp³-hybridized carbons (Fsp3) is 0.786. The molecule has 0 bridgehead atoms. The number of rotatable bonds is 3. The number of amides is 1. The zero-order valence-electron chi connectivity index (χ0n) is 10.7. The molecule has 2 rings (SSSR count). The summed E-state index contributed by atoms with van der Waals surface area (Å²) in [6.07, 6.45) is 12.8. The van der Waals surface area contributed by atoms with E-state index in [4.69, 9.17) is 0 Å². The Morgan fingerprint density at radius 2 is 1.94 bits per heavy atom. The number of allylic oxidation sites excluding steroid dienone is 1. The van der Waals surface area contributed by atoms with Crippen LogP contribution in [0.2, 0.25) is 0 Å². The first kappa shape index (κ1) is 12.6. The van der Waals surface area contributed by atoms with Crippen molar-refractivity contribution >= 4 is 5.91 Å². The highest BCUT2D eigenvalue weighted by Crippen LogP contribution is 2.11. The van der Waals surface area contributed by atoms with Gasteiger partial charge in [0.15, 0.2) is 0 Å². The van der Waals surface area contributed by atoms with Crippen LogP contribution in [0.3, 0.4) is 0 Å². The minimum Gasteiger partial charge on any atom is -0.342 e. The first-order valence-electron chi connectivity index (χ1n) is 7.02. The molecule has 3 nitrogen and oxygen atoms in total. The molecule has 1 unspecified atom stereocenters. The van der Waals surface area contributed by atoms with Gasteiger partial charge >= 0.3 is 0 Å². The average Bonchev–Trinajstić information content (AvgIpc) is 2.66. The normalized spacial score (nSPS) is 25.6. The standard InChI is InChI=1S/C14H24N2O/c17-14(16-10-6-1-2-7-11-16)12-15-13-8-4-3-5-9-13/h3-4,13,15H,1-2,5-12H2. The minimum absolute atomic E-state index is 0.293. The molecule has 1 aliphatic heterocycles. The van der Waals surface area contributed by atoms with Crippen LogP contribution in [0.1, 0.15) is 44.9 Å². The van der Waals surface area contributed by atoms with E-state index >= 15 is 0 Å². The molecule has 0 spiro atoms. The zero-order chi connectivity index (χ0) is 11.9. The van der Waals surface area contributed by atoms with E-state index in [1.54, 1.807) is 0 Å². The van der Waals surface area contributed by atoms with Crippen LogP contribution >= 0.6 is 0 Å². The van der Waals surface area contributed by atoms with E-state index in [1.807, 2.05) is 4.90 Å². The fourth-order valence-corrected chi connectivity index (χ4v) is 2.64. The van der Waals surface area contributed by atoms with Gasteiger partial charge in [-0.3, -0.25) is 4.79 Å². The highest BCUT2D eigenvalue weighted by molar-refractivity contribution is 5.78. The van der Waals surface area contributed by atoms with Crippen LogP contribution in [0.25, 0.3) is 0 Å². The van der Waals surface area contributed by atoms with Crippen molar-refractivity contribution in [2.24, 2.45) is 0 Å². The summed E-state index contributed by atoms with van der Waals surface area (Å²) in [6.45, 7) is 2.45. The Morgan fingerprint density at radius 3 is 2.59 bits per heavy atom. The summed E-state index contributed by atoms with van der Waals surface area (Å²) in [7, 11) is 0. The minimum atomic E-state index is 0.293. The Morgan fingerprint density at radius 1 is 1.18 bits per heavy atom. The van der Waals surface area contributed by atoms with Gasteiger partial charge in [0.25, 0.3) is 0 Å². The molecule has 1 aliphatic carbocycles. The summed E-state index contributed by atoms with van der Waals surface area (Å²) in [5.74, 6) is 0.293. The SMILES string of the molecule is O=C(CNC1CC=CCC1)N1CCCCCC1. The molecule has 1 N–H and O–H groups in total. The molecular weight excluding hydrogens is 212 g/mol. The maximum atomic E-state index is 12.0. The number of carbonyl (C=O) groups excluding carboxylic acids is 1. The molecule has 0 aromatic carbocycles. The number of likely N-dealkylation sites (tertiary alicyclic amines) is 1. The van der Waals surface area contributed by atoms with Crippen LogP contribution in [0.5, 0.6) is 0 Å². The second kappa shape index (κ2) is 6.80. The number of hydrogen-bond acceptors (Lipinski definition) is 2. The van der Waals surface area contributed by atoms with Crippen molar-refractivity contribution in [3.8, 4) is 0 Å². The van der Waals surface area contributed by atoms with Crippen molar-refractivity contribution in [2.75, 3.05) is 19.6 Å². The number of nitrogens with one attached hydrogen (secondary N) is 1. The monoisotopic (exact) mass is 236 g/mol. The third kappa shape index (κ3) is 4.15. The molecular formula is C14H24N2O.